The number of hydrogen-bond donors (Lipinski definition) is 2. The zero-order valence-electron chi connectivity index (χ0n) is 11.8. The number of rotatable bonds is 5. The van der Waals surface area contributed by atoms with Crippen molar-refractivity contribution >= 4 is 17.6 Å². The first-order chi connectivity index (χ1) is 9.70. The summed E-state index contributed by atoms with van der Waals surface area (Å²) in [5.74, 6) is -2.36. The number of carboxylic acids is 1. The van der Waals surface area contributed by atoms with E-state index in [9.17, 15) is 24.1 Å². The Kier molecular flexibility index (Phi) is 4.96. The molecular formula is C13H15FN2O5. The molecule has 1 aromatic carbocycles. The summed E-state index contributed by atoms with van der Waals surface area (Å²) in [5, 5.41) is 21.8. The Morgan fingerprint density at radius 3 is 2.38 bits per heavy atom. The van der Waals surface area contributed by atoms with E-state index in [-0.39, 0.29) is 16.8 Å². The molecule has 0 bridgehead atoms. The largest absolute Gasteiger partial charge is 0.480 e. The Morgan fingerprint density at radius 2 is 1.95 bits per heavy atom. The van der Waals surface area contributed by atoms with E-state index in [4.69, 9.17) is 5.11 Å². The highest BCUT2D eigenvalue weighted by atomic mass is 19.1. The second kappa shape index (κ2) is 6.29. The van der Waals surface area contributed by atoms with Gasteiger partial charge in [-0.25, -0.2) is 9.18 Å². The van der Waals surface area contributed by atoms with Gasteiger partial charge in [0.25, 0.3) is 11.6 Å². The van der Waals surface area contributed by atoms with Crippen LogP contribution in [0.1, 0.15) is 27.0 Å². The Hall–Kier alpha value is -2.51. The normalized spacial score (nSPS) is 11.8. The average molecular weight is 298 g/mol. The highest BCUT2D eigenvalue weighted by molar-refractivity contribution is 6.00. The third-order valence-electron chi connectivity index (χ3n) is 3.10. The molecular weight excluding hydrogens is 283 g/mol. The number of carbonyl (C=O) groups is 2. The summed E-state index contributed by atoms with van der Waals surface area (Å²) in [7, 11) is 0. The molecule has 7 nitrogen and oxygen atoms in total. The fourth-order valence-electron chi connectivity index (χ4n) is 2.20. The number of hydrogen-bond acceptors (Lipinski definition) is 4. The van der Waals surface area contributed by atoms with Gasteiger partial charge in [-0.3, -0.25) is 14.9 Å². The van der Waals surface area contributed by atoms with Crippen LogP contribution in [0, 0.1) is 30.9 Å². The van der Waals surface area contributed by atoms with Gasteiger partial charge >= 0.3 is 5.97 Å². The zero-order chi connectivity index (χ0) is 16.3. The van der Waals surface area contributed by atoms with Crippen molar-refractivity contribution in [1.29, 1.82) is 0 Å². The van der Waals surface area contributed by atoms with Crippen LogP contribution in [0.4, 0.5) is 10.1 Å². The van der Waals surface area contributed by atoms with Crippen LogP contribution < -0.4 is 5.32 Å². The molecule has 0 aromatic heterocycles. The fraction of sp³-hybridized carbons (Fsp3) is 0.385. The van der Waals surface area contributed by atoms with Crippen LogP contribution in [-0.2, 0) is 4.79 Å². The van der Waals surface area contributed by atoms with Gasteiger partial charge < -0.3 is 10.4 Å². The highest BCUT2D eigenvalue weighted by Crippen LogP contribution is 2.28. The summed E-state index contributed by atoms with van der Waals surface area (Å²) in [6.45, 7) is 3.25. The Bertz CT molecular complexity index is 615. The Balaban J connectivity index is 3.30. The van der Waals surface area contributed by atoms with Crippen LogP contribution in [-0.4, -0.2) is 34.6 Å². The minimum Gasteiger partial charge on any atom is -0.480 e. The number of nitro groups is 1. The Morgan fingerprint density at radius 1 is 1.38 bits per heavy atom. The first kappa shape index (κ1) is 16.5. The van der Waals surface area contributed by atoms with E-state index in [0.29, 0.717) is 11.1 Å². The SMILES string of the molecule is Cc1cc(C)c([N+](=O)[O-])c(C)c1C(=O)NC(CF)C(=O)O. The van der Waals surface area contributed by atoms with Gasteiger partial charge in [-0.15, -0.1) is 0 Å². The molecule has 8 heteroatoms. The third-order valence-corrected chi connectivity index (χ3v) is 3.10. The first-order valence-electron chi connectivity index (χ1n) is 6.05. The molecule has 0 fully saturated rings. The smallest absolute Gasteiger partial charge is 0.328 e. The predicted octanol–water partition coefficient (Wildman–Crippen LogP) is 1.67. The van der Waals surface area contributed by atoms with Crippen molar-refractivity contribution in [3.8, 4) is 0 Å². The lowest BCUT2D eigenvalue weighted by atomic mass is 9.96. The monoisotopic (exact) mass is 298 g/mol. The van der Waals surface area contributed by atoms with Crippen LogP contribution in [0.5, 0.6) is 0 Å². The van der Waals surface area contributed by atoms with E-state index in [1.807, 2.05) is 5.32 Å². The van der Waals surface area contributed by atoms with Gasteiger partial charge in [0, 0.05) is 11.1 Å². The van der Waals surface area contributed by atoms with Crippen LogP contribution >= 0.6 is 0 Å². The van der Waals surface area contributed by atoms with Crippen molar-refractivity contribution in [3.05, 3.63) is 38.4 Å². The van der Waals surface area contributed by atoms with Crippen LogP contribution in [0.25, 0.3) is 0 Å². The second-order valence-electron chi connectivity index (χ2n) is 4.63. The molecule has 0 spiro atoms. The molecule has 1 unspecified atom stereocenters. The third kappa shape index (κ3) is 3.33. The van der Waals surface area contributed by atoms with Crippen molar-refractivity contribution in [2.24, 2.45) is 0 Å². The maximum absolute atomic E-state index is 12.6. The number of nitrogens with one attached hydrogen (secondary N) is 1. The topological polar surface area (TPSA) is 110 Å². The standard InChI is InChI=1S/C13H15FN2O5/c1-6-4-7(2)11(16(20)21)8(3)10(6)12(17)15-9(5-14)13(18)19/h4,9H,5H2,1-3H3,(H,15,17)(H,18,19). The molecule has 0 aliphatic rings. The van der Waals surface area contributed by atoms with E-state index < -0.39 is 29.5 Å². The van der Waals surface area contributed by atoms with Gasteiger partial charge in [0.2, 0.25) is 0 Å². The summed E-state index contributed by atoms with van der Waals surface area (Å²) >= 11 is 0. The average Bonchev–Trinajstić information content (AvgIpc) is 2.34. The van der Waals surface area contributed by atoms with Gasteiger partial charge in [-0.2, -0.15) is 0 Å². The summed E-state index contributed by atoms with van der Waals surface area (Å²) in [6, 6.07) is -0.220. The molecule has 2 N–H and O–H groups in total. The van der Waals surface area contributed by atoms with Gasteiger partial charge in [-0.05, 0) is 32.4 Å². The summed E-state index contributed by atoms with van der Waals surface area (Å²) < 4.78 is 12.6. The molecule has 114 valence electrons. The number of carbonyl (C=O) groups excluding carboxylic acids is 1. The lowest BCUT2D eigenvalue weighted by Crippen LogP contribution is -2.42. The molecule has 21 heavy (non-hydrogen) atoms. The number of amides is 1. The van der Waals surface area contributed by atoms with Crippen LogP contribution in [0.3, 0.4) is 0 Å². The molecule has 0 saturated heterocycles. The minimum absolute atomic E-state index is 0.00741. The molecule has 1 aromatic rings. The number of halogens is 1. The molecule has 0 saturated carbocycles. The van der Waals surface area contributed by atoms with Gasteiger partial charge in [-0.1, -0.05) is 0 Å². The van der Waals surface area contributed by atoms with Gasteiger partial charge in [0.15, 0.2) is 6.04 Å². The molecule has 0 radical (unpaired) electrons. The number of alkyl halides is 1. The minimum atomic E-state index is -1.68. The molecule has 0 aliphatic heterocycles. The van der Waals surface area contributed by atoms with Crippen LogP contribution in [0.2, 0.25) is 0 Å². The number of carboxylic acid groups (broad SMARTS) is 1. The van der Waals surface area contributed by atoms with E-state index in [2.05, 4.69) is 0 Å². The maximum Gasteiger partial charge on any atom is 0.328 e. The molecule has 1 rings (SSSR count). The van der Waals surface area contributed by atoms with Gasteiger partial charge in [0.1, 0.15) is 6.67 Å². The van der Waals surface area contributed by atoms with Crippen LogP contribution in [0.15, 0.2) is 6.07 Å². The van der Waals surface area contributed by atoms with Crippen molar-refractivity contribution in [1.82, 2.24) is 5.32 Å². The molecule has 1 atom stereocenters. The van der Waals surface area contributed by atoms with E-state index in [1.54, 1.807) is 13.8 Å². The molecule has 1 amide bonds. The number of nitro benzene ring substituents is 1. The summed E-state index contributed by atoms with van der Waals surface area (Å²) in [6.07, 6.45) is 0. The molecule has 0 aliphatic carbocycles. The lowest BCUT2D eigenvalue weighted by Gasteiger charge is -2.15. The number of benzene rings is 1. The first-order valence-corrected chi connectivity index (χ1v) is 6.05. The van der Waals surface area contributed by atoms with E-state index in [0.717, 1.165) is 0 Å². The van der Waals surface area contributed by atoms with E-state index in [1.165, 1.54) is 13.0 Å². The highest BCUT2D eigenvalue weighted by Gasteiger charge is 2.26. The fourth-order valence-corrected chi connectivity index (χ4v) is 2.20. The lowest BCUT2D eigenvalue weighted by molar-refractivity contribution is -0.386. The Labute approximate surface area is 119 Å². The van der Waals surface area contributed by atoms with Crippen molar-refractivity contribution in [2.45, 2.75) is 26.8 Å². The number of nitrogens with zero attached hydrogens (tertiary/aromatic N) is 1. The zero-order valence-corrected chi connectivity index (χ0v) is 11.8. The summed E-state index contributed by atoms with van der Waals surface area (Å²) in [5.41, 5.74) is 0.755. The maximum atomic E-state index is 12.6. The van der Waals surface area contributed by atoms with Crippen molar-refractivity contribution < 1.29 is 24.0 Å². The molecule has 0 heterocycles. The van der Waals surface area contributed by atoms with Crippen molar-refractivity contribution in [3.63, 3.8) is 0 Å². The van der Waals surface area contributed by atoms with Gasteiger partial charge in [0.05, 0.1) is 10.5 Å². The van der Waals surface area contributed by atoms with E-state index >= 15 is 0 Å². The summed E-state index contributed by atoms with van der Waals surface area (Å²) in [4.78, 5) is 33.2. The number of aliphatic carboxylic acids is 1. The predicted molar refractivity (Wildman–Crippen MR) is 72.2 cm³/mol. The van der Waals surface area contributed by atoms with Crippen molar-refractivity contribution in [2.75, 3.05) is 6.67 Å². The number of aryl methyl sites for hydroxylation is 2. The second-order valence-corrected chi connectivity index (χ2v) is 4.63. The quantitative estimate of drug-likeness (QED) is 0.634.